The zero-order chi connectivity index (χ0) is 29.2. The summed E-state index contributed by atoms with van der Waals surface area (Å²) >= 11 is 0. The standard InChI is InChI=1S/C30H28N4O6S/c31-28(34-30(36)39-20-22-7-2-1-3-8-22)24-10-6-9-21(19-24)17-18-33-29(35)40-25-15-13-23(14-16-25)26-11-4-5-12-27(26)41(32,37)38/h1-16,19H,17-18,20H2,(H,33,35)(H2,31,34,36)(H2,32,37,38). The summed E-state index contributed by atoms with van der Waals surface area (Å²) in [6.45, 7) is 0.362. The van der Waals surface area contributed by atoms with Crippen LogP contribution >= 0.6 is 0 Å². The molecule has 0 unspecified atom stereocenters. The molecule has 4 aromatic rings. The largest absolute Gasteiger partial charge is 0.444 e. The molecule has 210 valence electrons. The van der Waals surface area contributed by atoms with Crippen LogP contribution in [0.5, 0.6) is 5.75 Å². The molecule has 10 nitrogen and oxygen atoms in total. The number of primary sulfonamides is 1. The van der Waals surface area contributed by atoms with E-state index in [2.05, 4.69) is 10.6 Å². The van der Waals surface area contributed by atoms with Gasteiger partial charge in [0.15, 0.2) is 0 Å². The molecular formula is C30H28N4O6S. The fraction of sp³-hybridized carbons (Fsp3) is 0.100. The van der Waals surface area contributed by atoms with Gasteiger partial charge in [0.05, 0.1) is 4.90 Å². The van der Waals surface area contributed by atoms with Crippen molar-refractivity contribution >= 4 is 28.0 Å². The first-order chi connectivity index (χ1) is 19.7. The van der Waals surface area contributed by atoms with Crippen LogP contribution in [0.15, 0.2) is 108 Å². The normalized spacial score (nSPS) is 10.9. The van der Waals surface area contributed by atoms with Crippen molar-refractivity contribution in [1.82, 2.24) is 10.6 Å². The van der Waals surface area contributed by atoms with Crippen LogP contribution in [0.1, 0.15) is 16.7 Å². The lowest BCUT2D eigenvalue weighted by Crippen LogP contribution is -2.31. The van der Waals surface area contributed by atoms with Crippen molar-refractivity contribution in [3.8, 4) is 16.9 Å². The van der Waals surface area contributed by atoms with Gasteiger partial charge in [0.2, 0.25) is 10.0 Å². The number of amidine groups is 1. The lowest BCUT2D eigenvalue weighted by atomic mass is 10.1. The molecule has 11 heteroatoms. The zero-order valence-electron chi connectivity index (χ0n) is 21.9. The highest BCUT2D eigenvalue weighted by atomic mass is 32.2. The average molecular weight is 573 g/mol. The second-order valence-corrected chi connectivity index (χ2v) is 10.4. The maximum Gasteiger partial charge on any atom is 0.413 e. The number of hydrogen-bond acceptors (Lipinski definition) is 7. The first-order valence-electron chi connectivity index (χ1n) is 12.5. The summed E-state index contributed by atoms with van der Waals surface area (Å²) in [7, 11) is -3.90. The number of hydrogen-bond donors (Lipinski definition) is 4. The molecule has 0 spiro atoms. The molecule has 5 N–H and O–H groups in total. The van der Waals surface area contributed by atoms with Gasteiger partial charge in [-0.05, 0) is 47.4 Å². The molecule has 0 radical (unpaired) electrons. The van der Waals surface area contributed by atoms with Gasteiger partial charge >= 0.3 is 12.2 Å². The minimum absolute atomic E-state index is 0.00407. The van der Waals surface area contributed by atoms with E-state index < -0.39 is 22.2 Å². The average Bonchev–Trinajstić information content (AvgIpc) is 2.97. The summed E-state index contributed by atoms with van der Waals surface area (Å²) in [6.07, 6.45) is -0.928. The van der Waals surface area contributed by atoms with E-state index >= 15 is 0 Å². The number of carbonyl (C=O) groups is 2. The third-order valence-electron chi connectivity index (χ3n) is 5.91. The Morgan fingerprint density at radius 1 is 0.805 bits per heavy atom. The Labute approximate surface area is 237 Å². The van der Waals surface area contributed by atoms with Crippen molar-refractivity contribution in [3.05, 3.63) is 120 Å². The lowest BCUT2D eigenvalue weighted by molar-refractivity contribution is 0.145. The number of nitrogens with two attached hydrogens (primary N) is 1. The number of ether oxygens (including phenoxy) is 2. The van der Waals surface area contributed by atoms with Gasteiger partial charge in [-0.1, -0.05) is 78.9 Å². The van der Waals surface area contributed by atoms with Crippen molar-refractivity contribution in [2.75, 3.05) is 6.54 Å². The molecule has 4 rings (SSSR count). The smallest absolute Gasteiger partial charge is 0.413 e. The third kappa shape index (κ3) is 8.49. The monoisotopic (exact) mass is 572 g/mol. The van der Waals surface area contributed by atoms with Gasteiger partial charge in [-0.25, -0.2) is 23.1 Å². The van der Waals surface area contributed by atoms with Crippen molar-refractivity contribution < 1.29 is 27.5 Å². The molecule has 2 amide bonds. The van der Waals surface area contributed by atoms with E-state index in [4.69, 9.17) is 20.0 Å². The summed E-state index contributed by atoms with van der Waals surface area (Å²) in [4.78, 5) is 24.3. The highest BCUT2D eigenvalue weighted by Gasteiger charge is 2.15. The molecule has 0 saturated carbocycles. The fourth-order valence-electron chi connectivity index (χ4n) is 3.92. The Bertz CT molecular complexity index is 1640. The zero-order valence-corrected chi connectivity index (χ0v) is 22.7. The van der Waals surface area contributed by atoms with Gasteiger partial charge in [0, 0.05) is 17.7 Å². The van der Waals surface area contributed by atoms with E-state index in [9.17, 15) is 18.0 Å². The molecule has 0 aliphatic carbocycles. The number of sulfonamides is 1. The highest BCUT2D eigenvalue weighted by Crippen LogP contribution is 2.28. The SMILES string of the molecule is N=C(NC(=O)OCc1ccccc1)c1cccc(CCNC(=O)Oc2ccc(-c3ccccc3S(N)(=O)=O)cc2)c1. The van der Waals surface area contributed by atoms with E-state index in [1.165, 1.54) is 6.07 Å². The maximum absolute atomic E-state index is 12.3. The minimum Gasteiger partial charge on any atom is -0.444 e. The highest BCUT2D eigenvalue weighted by molar-refractivity contribution is 7.89. The van der Waals surface area contributed by atoms with Gasteiger partial charge in [0.25, 0.3) is 0 Å². The molecule has 0 aromatic heterocycles. The summed E-state index contributed by atoms with van der Waals surface area (Å²) in [5.41, 5.74) is 3.22. The van der Waals surface area contributed by atoms with Crippen molar-refractivity contribution in [2.24, 2.45) is 5.14 Å². The number of amides is 2. The predicted molar refractivity (Wildman–Crippen MR) is 154 cm³/mol. The first kappa shape index (κ1) is 29.0. The molecular weight excluding hydrogens is 544 g/mol. The van der Waals surface area contributed by atoms with Gasteiger partial charge in [0.1, 0.15) is 18.2 Å². The number of benzene rings is 4. The van der Waals surface area contributed by atoms with Crippen LogP contribution in [0, 0.1) is 5.41 Å². The molecule has 0 heterocycles. The van der Waals surface area contributed by atoms with E-state index in [1.807, 2.05) is 36.4 Å². The molecule has 0 bridgehead atoms. The number of carbonyl (C=O) groups excluding carboxylic acids is 2. The van der Waals surface area contributed by atoms with Crippen LogP contribution in [-0.4, -0.2) is 33.0 Å². The van der Waals surface area contributed by atoms with E-state index in [-0.39, 0.29) is 29.6 Å². The molecule has 0 aliphatic rings. The summed E-state index contributed by atoms with van der Waals surface area (Å²) < 4.78 is 34.2. The molecule has 0 saturated heterocycles. The molecule has 4 aromatic carbocycles. The van der Waals surface area contributed by atoms with Gasteiger partial charge in [-0.2, -0.15) is 0 Å². The van der Waals surface area contributed by atoms with E-state index in [1.54, 1.807) is 60.7 Å². The first-order valence-corrected chi connectivity index (χ1v) is 14.1. The van der Waals surface area contributed by atoms with Crippen LogP contribution in [0.2, 0.25) is 0 Å². The van der Waals surface area contributed by atoms with Crippen LogP contribution in [0.4, 0.5) is 9.59 Å². The van der Waals surface area contributed by atoms with Crippen LogP contribution in [-0.2, 0) is 27.8 Å². The third-order valence-corrected chi connectivity index (χ3v) is 6.88. The van der Waals surface area contributed by atoms with Gasteiger partial charge < -0.3 is 14.8 Å². The van der Waals surface area contributed by atoms with Crippen LogP contribution in [0.25, 0.3) is 11.1 Å². The quantitative estimate of drug-likeness (QED) is 0.170. The number of nitrogens with one attached hydrogen (secondary N) is 3. The van der Waals surface area contributed by atoms with E-state index in [0.717, 1.165) is 11.1 Å². The lowest BCUT2D eigenvalue weighted by Gasteiger charge is -2.11. The van der Waals surface area contributed by atoms with Crippen LogP contribution < -0.4 is 20.5 Å². The Balaban J connectivity index is 1.25. The minimum atomic E-state index is -3.90. The Hall–Kier alpha value is -5.00. The number of rotatable bonds is 9. The fourth-order valence-corrected chi connectivity index (χ4v) is 4.68. The Morgan fingerprint density at radius 2 is 1.49 bits per heavy atom. The van der Waals surface area contributed by atoms with Crippen LogP contribution in [0.3, 0.4) is 0 Å². The van der Waals surface area contributed by atoms with E-state index in [0.29, 0.717) is 23.1 Å². The van der Waals surface area contributed by atoms with Gasteiger partial charge in [-0.15, -0.1) is 0 Å². The van der Waals surface area contributed by atoms with Crippen molar-refractivity contribution in [2.45, 2.75) is 17.9 Å². The maximum atomic E-state index is 12.3. The van der Waals surface area contributed by atoms with Gasteiger partial charge in [-0.3, -0.25) is 10.7 Å². The van der Waals surface area contributed by atoms with Crippen molar-refractivity contribution in [1.29, 1.82) is 5.41 Å². The molecule has 41 heavy (non-hydrogen) atoms. The molecule has 0 fully saturated rings. The second-order valence-electron chi connectivity index (χ2n) is 8.89. The summed E-state index contributed by atoms with van der Waals surface area (Å²) in [6, 6.07) is 29.0. The summed E-state index contributed by atoms with van der Waals surface area (Å²) in [5, 5.41) is 18.6. The number of alkyl carbamates (subject to hydrolysis) is 1. The molecule has 0 aliphatic heterocycles. The molecule has 0 atom stereocenters. The summed E-state index contributed by atoms with van der Waals surface area (Å²) in [5.74, 6) is 0.174. The van der Waals surface area contributed by atoms with Crippen molar-refractivity contribution in [3.63, 3.8) is 0 Å². The topological polar surface area (TPSA) is 161 Å². The Morgan fingerprint density at radius 3 is 2.22 bits per heavy atom. The predicted octanol–water partition coefficient (Wildman–Crippen LogP) is 4.58. The second kappa shape index (κ2) is 13.4. The Kier molecular flexibility index (Phi) is 9.46.